The van der Waals surface area contributed by atoms with E-state index in [2.05, 4.69) is 10.2 Å². The number of benzene rings is 1. The largest absolute Gasteiger partial charge is 0.480 e. The number of carbonyl (C=O) groups is 1. The number of nitrogens with zero attached hydrogens (tertiary/aromatic N) is 3. The van der Waals surface area contributed by atoms with Gasteiger partial charge in [0.2, 0.25) is 17.7 Å². The molecular weight excluding hydrogens is 322 g/mol. The van der Waals surface area contributed by atoms with Crippen LogP contribution in [0.5, 0.6) is 11.8 Å². The standard InChI is InChI=1S/C18H21N3O4/c1-23-16-7-8-17(20-19-16)25-15-9-10-21(11-15)18(22)13-24-12-14-5-3-2-4-6-14/h2-8,15H,9-13H2,1H3. The minimum atomic E-state index is -0.0826. The molecule has 1 unspecified atom stereocenters. The fourth-order valence-electron chi connectivity index (χ4n) is 2.62. The van der Waals surface area contributed by atoms with Crippen LogP contribution in [-0.4, -0.2) is 53.9 Å². The lowest BCUT2D eigenvalue weighted by atomic mass is 10.2. The molecule has 0 bridgehead atoms. The van der Waals surface area contributed by atoms with Crippen LogP contribution in [0.3, 0.4) is 0 Å². The van der Waals surface area contributed by atoms with Crippen molar-refractivity contribution in [3.63, 3.8) is 0 Å². The third kappa shape index (κ3) is 4.90. The van der Waals surface area contributed by atoms with E-state index in [1.807, 2.05) is 30.3 Å². The van der Waals surface area contributed by atoms with Gasteiger partial charge in [-0.2, -0.15) is 0 Å². The van der Waals surface area contributed by atoms with Gasteiger partial charge in [0.05, 0.1) is 20.3 Å². The van der Waals surface area contributed by atoms with Gasteiger partial charge in [-0.05, 0) is 5.56 Å². The molecule has 1 aliphatic heterocycles. The van der Waals surface area contributed by atoms with E-state index in [-0.39, 0.29) is 18.6 Å². The quantitative estimate of drug-likeness (QED) is 0.762. The van der Waals surface area contributed by atoms with Crippen LogP contribution in [0.2, 0.25) is 0 Å². The second-order valence-corrected chi connectivity index (χ2v) is 5.76. The summed E-state index contributed by atoms with van der Waals surface area (Å²) in [5.74, 6) is 0.842. The number of hydrogen-bond acceptors (Lipinski definition) is 6. The highest BCUT2D eigenvalue weighted by Gasteiger charge is 2.27. The Hall–Kier alpha value is -2.67. The lowest BCUT2D eigenvalue weighted by Gasteiger charge is -2.17. The first-order valence-electron chi connectivity index (χ1n) is 8.18. The molecule has 1 aliphatic rings. The highest BCUT2D eigenvalue weighted by Crippen LogP contribution is 2.17. The molecule has 25 heavy (non-hydrogen) atoms. The Bertz CT molecular complexity index is 678. The molecule has 0 spiro atoms. The van der Waals surface area contributed by atoms with E-state index in [1.54, 1.807) is 17.0 Å². The fourth-order valence-corrected chi connectivity index (χ4v) is 2.62. The second kappa shape index (κ2) is 8.43. The fraction of sp³-hybridized carbons (Fsp3) is 0.389. The summed E-state index contributed by atoms with van der Waals surface area (Å²) in [4.78, 5) is 14.0. The highest BCUT2D eigenvalue weighted by molar-refractivity contribution is 5.77. The van der Waals surface area contributed by atoms with Crippen molar-refractivity contribution in [1.29, 1.82) is 0 Å². The number of hydrogen-bond donors (Lipinski definition) is 0. The predicted molar refractivity (Wildman–Crippen MR) is 90.3 cm³/mol. The van der Waals surface area contributed by atoms with Crippen molar-refractivity contribution in [2.75, 3.05) is 26.8 Å². The van der Waals surface area contributed by atoms with Gasteiger partial charge in [0, 0.05) is 25.1 Å². The van der Waals surface area contributed by atoms with Crippen LogP contribution in [0.25, 0.3) is 0 Å². The molecule has 1 saturated heterocycles. The summed E-state index contributed by atoms with van der Waals surface area (Å²) in [7, 11) is 1.53. The molecule has 1 fully saturated rings. The van der Waals surface area contributed by atoms with Gasteiger partial charge in [-0.15, -0.1) is 10.2 Å². The smallest absolute Gasteiger partial charge is 0.248 e. The Morgan fingerprint density at radius 3 is 2.64 bits per heavy atom. The molecule has 1 amide bonds. The molecule has 1 atom stereocenters. The molecular formula is C18H21N3O4. The third-order valence-electron chi connectivity index (χ3n) is 3.95. The van der Waals surface area contributed by atoms with Gasteiger partial charge in [-0.25, -0.2) is 0 Å². The summed E-state index contributed by atoms with van der Waals surface area (Å²) in [5, 5.41) is 7.81. The van der Waals surface area contributed by atoms with Crippen molar-refractivity contribution < 1.29 is 19.0 Å². The minimum Gasteiger partial charge on any atom is -0.480 e. The maximum Gasteiger partial charge on any atom is 0.248 e. The van der Waals surface area contributed by atoms with Gasteiger partial charge < -0.3 is 19.1 Å². The van der Waals surface area contributed by atoms with Crippen molar-refractivity contribution in [1.82, 2.24) is 15.1 Å². The van der Waals surface area contributed by atoms with Gasteiger partial charge in [0.1, 0.15) is 12.7 Å². The van der Waals surface area contributed by atoms with Gasteiger partial charge in [0.25, 0.3) is 0 Å². The molecule has 7 nitrogen and oxygen atoms in total. The Morgan fingerprint density at radius 1 is 1.16 bits per heavy atom. The zero-order valence-electron chi connectivity index (χ0n) is 14.1. The summed E-state index contributed by atoms with van der Waals surface area (Å²) in [6, 6.07) is 13.2. The monoisotopic (exact) mass is 343 g/mol. The van der Waals surface area contributed by atoms with Crippen molar-refractivity contribution in [3.05, 3.63) is 48.0 Å². The summed E-state index contributed by atoms with van der Waals surface area (Å²) in [6.45, 7) is 1.69. The molecule has 132 valence electrons. The summed E-state index contributed by atoms with van der Waals surface area (Å²) in [6.07, 6.45) is 0.679. The van der Waals surface area contributed by atoms with Crippen LogP contribution in [-0.2, 0) is 16.1 Å². The van der Waals surface area contributed by atoms with Crippen LogP contribution in [0.1, 0.15) is 12.0 Å². The van der Waals surface area contributed by atoms with E-state index in [0.29, 0.717) is 31.5 Å². The lowest BCUT2D eigenvalue weighted by molar-refractivity contribution is -0.135. The maximum absolute atomic E-state index is 12.2. The average molecular weight is 343 g/mol. The zero-order valence-corrected chi connectivity index (χ0v) is 14.1. The van der Waals surface area contributed by atoms with Crippen molar-refractivity contribution >= 4 is 5.91 Å². The van der Waals surface area contributed by atoms with E-state index in [4.69, 9.17) is 14.2 Å². The number of carbonyl (C=O) groups excluding carboxylic acids is 1. The van der Waals surface area contributed by atoms with Gasteiger partial charge in [-0.3, -0.25) is 4.79 Å². The molecule has 1 aromatic heterocycles. The second-order valence-electron chi connectivity index (χ2n) is 5.76. The Kier molecular flexibility index (Phi) is 5.79. The van der Waals surface area contributed by atoms with Gasteiger partial charge >= 0.3 is 0 Å². The molecule has 0 radical (unpaired) electrons. The van der Waals surface area contributed by atoms with E-state index in [0.717, 1.165) is 12.0 Å². The van der Waals surface area contributed by atoms with E-state index in [1.165, 1.54) is 7.11 Å². The molecule has 1 aromatic carbocycles. The van der Waals surface area contributed by atoms with Crippen LogP contribution in [0, 0.1) is 0 Å². The van der Waals surface area contributed by atoms with Crippen molar-refractivity contribution in [2.24, 2.45) is 0 Å². The maximum atomic E-state index is 12.2. The van der Waals surface area contributed by atoms with Crippen LogP contribution in [0.4, 0.5) is 0 Å². The highest BCUT2D eigenvalue weighted by atomic mass is 16.5. The lowest BCUT2D eigenvalue weighted by Crippen LogP contribution is -2.33. The minimum absolute atomic E-state index is 0.0251. The van der Waals surface area contributed by atoms with E-state index >= 15 is 0 Å². The number of ether oxygens (including phenoxy) is 3. The number of rotatable bonds is 7. The third-order valence-corrected chi connectivity index (χ3v) is 3.95. The Balaban J connectivity index is 1.41. The number of methoxy groups -OCH3 is 1. The molecule has 0 N–H and O–H groups in total. The molecule has 2 aromatic rings. The van der Waals surface area contributed by atoms with Crippen LogP contribution >= 0.6 is 0 Å². The Morgan fingerprint density at radius 2 is 1.92 bits per heavy atom. The first-order valence-corrected chi connectivity index (χ1v) is 8.18. The first kappa shape index (κ1) is 17.2. The number of amides is 1. The summed E-state index contributed by atoms with van der Waals surface area (Å²) < 4.78 is 16.2. The average Bonchev–Trinajstić information content (AvgIpc) is 3.12. The summed E-state index contributed by atoms with van der Waals surface area (Å²) in [5.41, 5.74) is 1.05. The normalized spacial score (nSPS) is 16.7. The first-order chi connectivity index (χ1) is 12.2. The van der Waals surface area contributed by atoms with Crippen molar-refractivity contribution in [2.45, 2.75) is 19.1 Å². The van der Waals surface area contributed by atoms with Crippen LogP contribution in [0.15, 0.2) is 42.5 Å². The van der Waals surface area contributed by atoms with Gasteiger partial charge in [0.15, 0.2) is 0 Å². The molecule has 2 heterocycles. The van der Waals surface area contributed by atoms with Crippen molar-refractivity contribution in [3.8, 4) is 11.8 Å². The van der Waals surface area contributed by atoms with Crippen LogP contribution < -0.4 is 9.47 Å². The number of aromatic nitrogens is 2. The zero-order chi connectivity index (χ0) is 17.5. The topological polar surface area (TPSA) is 73.8 Å². The van der Waals surface area contributed by atoms with E-state index < -0.39 is 0 Å². The molecule has 7 heteroatoms. The SMILES string of the molecule is COc1ccc(OC2CCN(C(=O)COCc3ccccc3)C2)nn1. The molecule has 3 rings (SSSR count). The Labute approximate surface area is 146 Å². The molecule has 0 saturated carbocycles. The summed E-state index contributed by atoms with van der Waals surface area (Å²) >= 11 is 0. The van der Waals surface area contributed by atoms with E-state index in [9.17, 15) is 4.79 Å². The van der Waals surface area contributed by atoms with Gasteiger partial charge in [-0.1, -0.05) is 30.3 Å². The number of likely N-dealkylation sites (tertiary alicyclic amines) is 1. The molecule has 0 aliphatic carbocycles. The predicted octanol–water partition coefficient (Wildman–Crippen LogP) is 1.68.